The molecule has 0 saturated carbocycles. The van der Waals surface area contributed by atoms with Gasteiger partial charge in [0.05, 0.1) is 14.2 Å². The van der Waals surface area contributed by atoms with E-state index < -0.39 is 9.84 Å². The zero-order valence-corrected chi connectivity index (χ0v) is 12.8. The first-order valence-electron chi connectivity index (χ1n) is 6.24. The number of hydrogen-bond acceptors (Lipinski definition) is 7. The van der Waals surface area contributed by atoms with Crippen molar-refractivity contribution >= 4 is 9.84 Å². The van der Waals surface area contributed by atoms with E-state index in [0.717, 1.165) is 0 Å². The molecule has 1 aromatic heterocycles. The van der Waals surface area contributed by atoms with E-state index in [4.69, 9.17) is 14.0 Å². The second-order valence-electron chi connectivity index (χ2n) is 4.26. The highest BCUT2D eigenvalue weighted by Crippen LogP contribution is 2.31. The summed E-state index contributed by atoms with van der Waals surface area (Å²) in [6.45, 7) is 1.57. The van der Waals surface area contributed by atoms with Gasteiger partial charge in [-0.15, -0.1) is 0 Å². The molecule has 1 aromatic carbocycles. The molecule has 0 bridgehead atoms. The van der Waals surface area contributed by atoms with Gasteiger partial charge >= 0.3 is 0 Å². The summed E-state index contributed by atoms with van der Waals surface area (Å²) >= 11 is 0. The predicted molar refractivity (Wildman–Crippen MR) is 76.0 cm³/mol. The Hall–Kier alpha value is -2.09. The van der Waals surface area contributed by atoms with Crippen LogP contribution in [-0.4, -0.2) is 38.5 Å². The van der Waals surface area contributed by atoms with Crippen molar-refractivity contribution in [2.24, 2.45) is 0 Å². The van der Waals surface area contributed by atoms with Crippen molar-refractivity contribution in [1.29, 1.82) is 0 Å². The Morgan fingerprint density at radius 2 is 1.90 bits per heavy atom. The zero-order valence-electron chi connectivity index (χ0n) is 12.0. The van der Waals surface area contributed by atoms with Gasteiger partial charge in [-0.05, 0) is 18.2 Å². The van der Waals surface area contributed by atoms with Gasteiger partial charge in [0.2, 0.25) is 11.7 Å². The molecule has 114 valence electrons. The Labute approximate surface area is 122 Å². The van der Waals surface area contributed by atoms with Crippen molar-refractivity contribution in [3.05, 3.63) is 24.1 Å². The molecule has 0 fully saturated rings. The second-order valence-corrected chi connectivity index (χ2v) is 6.61. The van der Waals surface area contributed by atoms with Gasteiger partial charge in [-0.3, -0.25) is 0 Å². The lowest BCUT2D eigenvalue weighted by Gasteiger charge is -2.07. The lowest BCUT2D eigenvalue weighted by molar-refractivity contribution is 0.355. The Bertz CT molecular complexity index is 724. The summed E-state index contributed by atoms with van der Waals surface area (Å²) in [4.78, 5) is 4.09. The SMILES string of the molecule is CCS(=O)(=O)Cc1nc(-c2ccc(OC)c(OC)c2)no1. The minimum absolute atomic E-state index is 0.0288. The Morgan fingerprint density at radius 3 is 2.52 bits per heavy atom. The number of sulfone groups is 1. The van der Waals surface area contributed by atoms with E-state index in [-0.39, 0.29) is 17.4 Å². The van der Waals surface area contributed by atoms with Gasteiger partial charge in [-0.1, -0.05) is 12.1 Å². The van der Waals surface area contributed by atoms with Crippen molar-refractivity contribution in [3.8, 4) is 22.9 Å². The van der Waals surface area contributed by atoms with Crippen LogP contribution in [-0.2, 0) is 15.6 Å². The van der Waals surface area contributed by atoms with Crippen LogP contribution in [0.3, 0.4) is 0 Å². The molecule has 0 saturated heterocycles. The molecule has 2 rings (SSSR count). The van der Waals surface area contributed by atoms with E-state index in [1.807, 2.05) is 0 Å². The van der Waals surface area contributed by atoms with E-state index in [0.29, 0.717) is 22.9 Å². The van der Waals surface area contributed by atoms with E-state index in [9.17, 15) is 8.42 Å². The molecule has 0 atom stereocenters. The third-order valence-electron chi connectivity index (χ3n) is 2.89. The number of rotatable bonds is 6. The molecule has 0 radical (unpaired) electrons. The topological polar surface area (TPSA) is 91.5 Å². The monoisotopic (exact) mass is 312 g/mol. The van der Waals surface area contributed by atoms with Crippen molar-refractivity contribution in [1.82, 2.24) is 10.1 Å². The number of hydrogen-bond donors (Lipinski definition) is 0. The van der Waals surface area contributed by atoms with Crippen LogP contribution in [0.25, 0.3) is 11.4 Å². The van der Waals surface area contributed by atoms with Crippen LogP contribution in [0.2, 0.25) is 0 Å². The Balaban J connectivity index is 2.29. The van der Waals surface area contributed by atoms with Gasteiger partial charge in [0.15, 0.2) is 21.3 Å². The highest BCUT2D eigenvalue weighted by molar-refractivity contribution is 7.90. The average Bonchev–Trinajstić information content (AvgIpc) is 2.94. The van der Waals surface area contributed by atoms with E-state index >= 15 is 0 Å². The molecule has 2 aromatic rings. The van der Waals surface area contributed by atoms with Gasteiger partial charge in [0.1, 0.15) is 5.75 Å². The van der Waals surface area contributed by atoms with E-state index in [1.165, 1.54) is 7.11 Å². The van der Waals surface area contributed by atoms with Crippen LogP contribution in [0, 0.1) is 0 Å². The first-order chi connectivity index (χ1) is 9.99. The first kappa shape index (κ1) is 15.3. The van der Waals surface area contributed by atoms with Crippen LogP contribution in [0.5, 0.6) is 11.5 Å². The number of methoxy groups -OCH3 is 2. The van der Waals surface area contributed by atoms with E-state index in [2.05, 4.69) is 10.1 Å². The molecule has 7 nitrogen and oxygen atoms in total. The van der Waals surface area contributed by atoms with Crippen LogP contribution >= 0.6 is 0 Å². The summed E-state index contributed by atoms with van der Waals surface area (Å²) in [5.74, 6) is 1.25. The molecule has 0 aliphatic carbocycles. The standard InChI is InChI=1S/C13H16N2O5S/c1-4-21(16,17)8-12-14-13(15-20-12)9-5-6-10(18-2)11(7-9)19-3/h5-7H,4,8H2,1-3H3. The fraction of sp³-hybridized carbons (Fsp3) is 0.385. The maximum atomic E-state index is 11.5. The molecular formula is C13H16N2O5S. The third-order valence-corrected chi connectivity index (χ3v) is 4.46. The smallest absolute Gasteiger partial charge is 0.242 e. The molecule has 0 unspecified atom stereocenters. The summed E-state index contributed by atoms with van der Waals surface area (Å²) in [7, 11) is -0.140. The van der Waals surface area contributed by atoms with Gasteiger partial charge in [0.25, 0.3) is 0 Å². The Morgan fingerprint density at radius 1 is 1.19 bits per heavy atom. The summed E-state index contributed by atoms with van der Waals surface area (Å²) in [5.41, 5.74) is 0.650. The summed E-state index contributed by atoms with van der Waals surface area (Å²) in [6.07, 6.45) is 0. The number of ether oxygens (including phenoxy) is 2. The quantitative estimate of drug-likeness (QED) is 0.801. The first-order valence-corrected chi connectivity index (χ1v) is 8.06. The molecule has 0 N–H and O–H groups in total. The fourth-order valence-corrected chi connectivity index (χ4v) is 2.39. The van der Waals surface area contributed by atoms with Crippen molar-refractivity contribution in [2.45, 2.75) is 12.7 Å². The number of benzene rings is 1. The van der Waals surface area contributed by atoms with Crippen LogP contribution < -0.4 is 9.47 Å². The van der Waals surface area contributed by atoms with Crippen molar-refractivity contribution < 1.29 is 22.4 Å². The maximum absolute atomic E-state index is 11.5. The number of aromatic nitrogens is 2. The molecule has 0 aliphatic rings. The van der Waals surface area contributed by atoms with Crippen LogP contribution in [0.15, 0.2) is 22.7 Å². The summed E-state index contributed by atoms with van der Waals surface area (Å²) in [5, 5.41) is 3.79. The lowest BCUT2D eigenvalue weighted by Crippen LogP contribution is -2.06. The van der Waals surface area contributed by atoms with Gasteiger partial charge < -0.3 is 14.0 Å². The van der Waals surface area contributed by atoms with Crippen LogP contribution in [0.1, 0.15) is 12.8 Å². The molecule has 8 heteroatoms. The average molecular weight is 312 g/mol. The maximum Gasteiger partial charge on any atom is 0.242 e. The molecular weight excluding hydrogens is 296 g/mol. The van der Waals surface area contributed by atoms with Gasteiger partial charge in [-0.2, -0.15) is 4.98 Å². The zero-order chi connectivity index (χ0) is 15.5. The number of nitrogens with zero attached hydrogens (tertiary/aromatic N) is 2. The van der Waals surface area contributed by atoms with Gasteiger partial charge in [0, 0.05) is 11.3 Å². The second kappa shape index (κ2) is 6.13. The van der Waals surface area contributed by atoms with Crippen molar-refractivity contribution in [3.63, 3.8) is 0 Å². The fourth-order valence-electron chi connectivity index (χ4n) is 1.70. The minimum Gasteiger partial charge on any atom is -0.493 e. The minimum atomic E-state index is -3.21. The normalized spacial score (nSPS) is 11.4. The van der Waals surface area contributed by atoms with Crippen molar-refractivity contribution in [2.75, 3.05) is 20.0 Å². The largest absolute Gasteiger partial charge is 0.493 e. The van der Waals surface area contributed by atoms with Gasteiger partial charge in [-0.25, -0.2) is 8.42 Å². The lowest BCUT2D eigenvalue weighted by atomic mass is 10.2. The predicted octanol–water partition coefficient (Wildman–Crippen LogP) is 1.69. The summed E-state index contributed by atoms with van der Waals surface area (Å²) in [6, 6.07) is 5.15. The van der Waals surface area contributed by atoms with Crippen LogP contribution in [0.4, 0.5) is 0 Å². The van der Waals surface area contributed by atoms with E-state index in [1.54, 1.807) is 32.2 Å². The molecule has 21 heavy (non-hydrogen) atoms. The molecule has 0 spiro atoms. The third kappa shape index (κ3) is 3.52. The highest BCUT2D eigenvalue weighted by Gasteiger charge is 2.17. The Kier molecular flexibility index (Phi) is 4.46. The highest BCUT2D eigenvalue weighted by atomic mass is 32.2. The summed E-state index contributed by atoms with van der Waals surface area (Å²) < 4.78 is 38.4. The molecule has 1 heterocycles. The molecule has 0 aliphatic heterocycles. The molecule has 0 amide bonds.